The van der Waals surface area contributed by atoms with Gasteiger partial charge in [-0.1, -0.05) is 79.9 Å². The fourth-order valence-corrected chi connectivity index (χ4v) is 5.94. The molecule has 31 heavy (non-hydrogen) atoms. The molecule has 3 aliphatic rings. The lowest BCUT2D eigenvalue weighted by Gasteiger charge is -2.37. The second kappa shape index (κ2) is 8.40. The summed E-state index contributed by atoms with van der Waals surface area (Å²) in [7, 11) is 0. The van der Waals surface area contributed by atoms with Gasteiger partial charge in [-0.2, -0.15) is 0 Å². The van der Waals surface area contributed by atoms with Crippen molar-refractivity contribution in [2.24, 2.45) is 17.3 Å². The number of esters is 1. The summed E-state index contributed by atoms with van der Waals surface area (Å²) in [5, 5.41) is 11.7. The Morgan fingerprint density at radius 1 is 1.03 bits per heavy atom. The molecule has 2 aromatic carbocycles. The van der Waals surface area contributed by atoms with Gasteiger partial charge in [0.05, 0.1) is 6.61 Å². The Morgan fingerprint density at radius 3 is 2.42 bits per heavy atom. The fourth-order valence-electron chi connectivity index (χ4n) is 5.94. The Labute approximate surface area is 185 Å². The Morgan fingerprint density at radius 2 is 1.71 bits per heavy atom. The molecule has 1 N–H and O–H groups in total. The SMILES string of the molecule is O=C(OC[C@@]12C[C@@H]1CN(Cc1ccccc1)C2)C(O)(c1ccccc1)C1CCCCC1. The van der Waals surface area contributed by atoms with Gasteiger partial charge in [0, 0.05) is 31.0 Å². The lowest BCUT2D eigenvalue weighted by atomic mass is 9.73. The van der Waals surface area contributed by atoms with Gasteiger partial charge in [-0.15, -0.1) is 0 Å². The van der Waals surface area contributed by atoms with E-state index >= 15 is 0 Å². The van der Waals surface area contributed by atoms with E-state index in [-0.39, 0.29) is 11.3 Å². The van der Waals surface area contributed by atoms with E-state index in [9.17, 15) is 9.90 Å². The molecule has 4 nitrogen and oxygen atoms in total. The zero-order chi connectivity index (χ0) is 21.3. The molecule has 164 valence electrons. The Balaban J connectivity index is 1.25. The molecule has 1 heterocycles. The number of rotatable bonds is 7. The number of nitrogens with zero attached hydrogens (tertiary/aromatic N) is 1. The summed E-state index contributed by atoms with van der Waals surface area (Å²) in [4.78, 5) is 15.8. The summed E-state index contributed by atoms with van der Waals surface area (Å²) in [5.74, 6) is 0.0810. The average molecular weight is 420 g/mol. The van der Waals surface area contributed by atoms with Crippen molar-refractivity contribution in [1.82, 2.24) is 4.90 Å². The van der Waals surface area contributed by atoms with Crippen LogP contribution in [-0.4, -0.2) is 35.7 Å². The van der Waals surface area contributed by atoms with E-state index < -0.39 is 11.6 Å². The number of piperidine rings is 1. The molecule has 0 spiro atoms. The molecule has 0 aromatic heterocycles. The first-order valence-corrected chi connectivity index (χ1v) is 11.8. The number of carbonyl (C=O) groups excluding carboxylic acids is 1. The number of hydrogen-bond donors (Lipinski definition) is 1. The highest BCUT2D eigenvalue weighted by molar-refractivity contribution is 5.81. The molecule has 2 saturated carbocycles. The van der Waals surface area contributed by atoms with Gasteiger partial charge in [-0.3, -0.25) is 4.90 Å². The topological polar surface area (TPSA) is 49.8 Å². The third-order valence-electron chi connectivity index (χ3n) is 7.84. The monoisotopic (exact) mass is 419 g/mol. The van der Waals surface area contributed by atoms with Gasteiger partial charge in [-0.05, 0) is 36.3 Å². The molecule has 2 aliphatic carbocycles. The van der Waals surface area contributed by atoms with Gasteiger partial charge < -0.3 is 9.84 Å². The van der Waals surface area contributed by atoms with E-state index in [1.165, 1.54) is 12.0 Å². The zero-order valence-electron chi connectivity index (χ0n) is 18.2. The highest BCUT2D eigenvalue weighted by Gasteiger charge is 2.61. The Kier molecular flexibility index (Phi) is 5.61. The standard InChI is InChI=1S/C27H33NO3/c29-25(27(30,22-12-6-2-7-13-22)23-14-8-3-9-15-23)31-20-26-16-24(26)18-28(19-26)17-21-10-4-1-5-11-21/h1-2,4-7,10-13,23-24,30H,3,8-9,14-20H2/t24-,26+,27?/m1/s1. The molecule has 1 aliphatic heterocycles. The minimum atomic E-state index is -1.54. The van der Waals surface area contributed by atoms with Crippen LogP contribution in [0.25, 0.3) is 0 Å². The summed E-state index contributed by atoms with van der Waals surface area (Å²) in [6.07, 6.45) is 6.18. The molecule has 2 aromatic rings. The lowest BCUT2D eigenvalue weighted by Crippen LogP contribution is -2.46. The number of ether oxygens (including phenoxy) is 1. The minimum Gasteiger partial charge on any atom is -0.463 e. The van der Waals surface area contributed by atoms with Crippen molar-refractivity contribution in [3.05, 3.63) is 71.8 Å². The predicted molar refractivity (Wildman–Crippen MR) is 120 cm³/mol. The van der Waals surface area contributed by atoms with Crippen LogP contribution < -0.4 is 0 Å². The molecule has 1 saturated heterocycles. The van der Waals surface area contributed by atoms with E-state index in [2.05, 4.69) is 29.2 Å². The average Bonchev–Trinajstić information content (AvgIpc) is 3.38. The van der Waals surface area contributed by atoms with E-state index in [1.54, 1.807) is 0 Å². The van der Waals surface area contributed by atoms with Crippen molar-refractivity contribution in [3.63, 3.8) is 0 Å². The predicted octanol–water partition coefficient (Wildman–Crippen LogP) is 4.52. The number of likely N-dealkylation sites (tertiary alicyclic amines) is 1. The second-order valence-electron chi connectivity index (χ2n) is 9.96. The quantitative estimate of drug-likeness (QED) is 0.671. The number of carbonyl (C=O) groups is 1. The van der Waals surface area contributed by atoms with Gasteiger partial charge in [-0.25, -0.2) is 4.79 Å². The normalized spacial score (nSPS) is 28.0. The Bertz CT molecular complexity index is 895. The third kappa shape index (κ3) is 4.04. The maximum Gasteiger partial charge on any atom is 0.343 e. The molecular weight excluding hydrogens is 386 g/mol. The summed E-state index contributed by atoms with van der Waals surface area (Å²) < 4.78 is 5.93. The largest absolute Gasteiger partial charge is 0.463 e. The number of aliphatic hydroxyl groups is 1. The lowest BCUT2D eigenvalue weighted by molar-refractivity contribution is -0.177. The van der Waals surface area contributed by atoms with Crippen molar-refractivity contribution in [1.29, 1.82) is 0 Å². The molecule has 4 heteroatoms. The first kappa shape index (κ1) is 20.7. The van der Waals surface area contributed by atoms with Crippen molar-refractivity contribution in [2.45, 2.75) is 50.7 Å². The number of benzene rings is 2. The maximum absolute atomic E-state index is 13.4. The van der Waals surface area contributed by atoms with Crippen molar-refractivity contribution < 1.29 is 14.6 Å². The van der Waals surface area contributed by atoms with E-state index in [0.29, 0.717) is 18.1 Å². The van der Waals surface area contributed by atoms with Crippen LogP contribution in [0.2, 0.25) is 0 Å². The third-order valence-corrected chi connectivity index (χ3v) is 7.84. The van der Waals surface area contributed by atoms with Crippen LogP contribution in [0.5, 0.6) is 0 Å². The highest BCUT2D eigenvalue weighted by Crippen LogP contribution is 2.58. The van der Waals surface area contributed by atoms with Crippen LogP contribution in [0.3, 0.4) is 0 Å². The van der Waals surface area contributed by atoms with Crippen molar-refractivity contribution in [2.75, 3.05) is 19.7 Å². The molecule has 0 amide bonds. The molecule has 3 fully saturated rings. The van der Waals surface area contributed by atoms with Crippen molar-refractivity contribution >= 4 is 5.97 Å². The van der Waals surface area contributed by atoms with Crippen LogP contribution in [-0.2, 0) is 21.7 Å². The number of hydrogen-bond acceptors (Lipinski definition) is 4. The van der Waals surface area contributed by atoms with Gasteiger partial charge in [0.15, 0.2) is 5.60 Å². The van der Waals surface area contributed by atoms with Crippen LogP contribution >= 0.6 is 0 Å². The van der Waals surface area contributed by atoms with Crippen LogP contribution in [0.1, 0.15) is 49.7 Å². The molecule has 0 bridgehead atoms. The van der Waals surface area contributed by atoms with Crippen LogP contribution in [0.15, 0.2) is 60.7 Å². The molecule has 5 rings (SSSR count). The smallest absolute Gasteiger partial charge is 0.343 e. The van der Waals surface area contributed by atoms with Gasteiger partial charge >= 0.3 is 5.97 Å². The van der Waals surface area contributed by atoms with Crippen LogP contribution in [0, 0.1) is 17.3 Å². The Hall–Kier alpha value is -2.17. The summed E-state index contributed by atoms with van der Waals surface area (Å²) in [6, 6.07) is 20.0. The van der Waals surface area contributed by atoms with Crippen LogP contribution in [0.4, 0.5) is 0 Å². The molecule has 0 radical (unpaired) electrons. The van der Waals surface area contributed by atoms with Crippen molar-refractivity contribution in [3.8, 4) is 0 Å². The minimum absolute atomic E-state index is 0.0678. The molecule has 3 atom stereocenters. The van der Waals surface area contributed by atoms with Gasteiger partial charge in [0.1, 0.15) is 0 Å². The fraction of sp³-hybridized carbons (Fsp3) is 0.519. The molecular formula is C27H33NO3. The zero-order valence-corrected chi connectivity index (χ0v) is 18.2. The van der Waals surface area contributed by atoms with Gasteiger partial charge in [0.25, 0.3) is 0 Å². The van der Waals surface area contributed by atoms with E-state index in [1.807, 2.05) is 36.4 Å². The second-order valence-corrected chi connectivity index (χ2v) is 9.96. The summed E-state index contributed by atoms with van der Waals surface area (Å²) >= 11 is 0. The first-order valence-electron chi connectivity index (χ1n) is 11.8. The highest BCUT2D eigenvalue weighted by atomic mass is 16.6. The molecule has 1 unspecified atom stereocenters. The van der Waals surface area contributed by atoms with E-state index in [4.69, 9.17) is 4.74 Å². The van der Waals surface area contributed by atoms with E-state index in [0.717, 1.165) is 51.7 Å². The first-order chi connectivity index (χ1) is 15.1. The summed E-state index contributed by atoms with van der Waals surface area (Å²) in [6.45, 7) is 3.40. The number of fused-ring (bicyclic) bond motifs is 1. The summed E-state index contributed by atoms with van der Waals surface area (Å²) in [5.41, 5.74) is 0.542. The maximum atomic E-state index is 13.4. The van der Waals surface area contributed by atoms with Gasteiger partial charge in [0.2, 0.25) is 0 Å².